The normalized spacial score (nSPS) is 10.9. The molecule has 2 aromatic carbocycles. The number of carbonyl (C=O) groups excluding carboxylic acids is 1. The molecule has 3 nitrogen and oxygen atoms in total. The molecule has 1 aromatic heterocycles. The first-order chi connectivity index (χ1) is 11.0. The molecule has 116 valence electrons. The van der Waals surface area contributed by atoms with Crippen LogP contribution >= 0.6 is 11.3 Å². The zero-order valence-corrected chi connectivity index (χ0v) is 13.9. The number of hydrogen-bond donors (Lipinski definition) is 1. The number of thiazole rings is 1. The molecular weight excluding hydrogens is 304 g/mol. The van der Waals surface area contributed by atoms with Crippen molar-refractivity contribution < 1.29 is 4.79 Å². The second-order valence-corrected chi connectivity index (χ2v) is 6.62. The summed E-state index contributed by atoms with van der Waals surface area (Å²) in [7, 11) is 0. The Kier molecular flexibility index (Phi) is 4.26. The third-order valence-electron chi connectivity index (χ3n) is 3.77. The van der Waals surface area contributed by atoms with E-state index in [0.717, 1.165) is 21.8 Å². The SMILES string of the molecule is CC(C)c1ccc(-c2csc(-c3cccc(C(N)=O)c3)n2)cc1. The van der Waals surface area contributed by atoms with Crippen LogP contribution in [0.4, 0.5) is 0 Å². The zero-order valence-electron chi connectivity index (χ0n) is 13.1. The van der Waals surface area contributed by atoms with Crippen molar-refractivity contribution in [3.63, 3.8) is 0 Å². The van der Waals surface area contributed by atoms with Crippen LogP contribution in [0.5, 0.6) is 0 Å². The van der Waals surface area contributed by atoms with Gasteiger partial charge in [-0.2, -0.15) is 0 Å². The van der Waals surface area contributed by atoms with Crippen molar-refractivity contribution >= 4 is 17.2 Å². The lowest BCUT2D eigenvalue weighted by Gasteiger charge is -2.05. The van der Waals surface area contributed by atoms with Gasteiger partial charge in [0.1, 0.15) is 5.01 Å². The van der Waals surface area contributed by atoms with Gasteiger partial charge in [0.15, 0.2) is 0 Å². The van der Waals surface area contributed by atoms with E-state index in [1.54, 1.807) is 23.5 Å². The van der Waals surface area contributed by atoms with Gasteiger partial charge in [0.05, 0.1) is 5.69 Å². The van der Waals surface area contributed by atoms with Gasteiger partial charge in [-0.25, -0.2) is 4.98 Å². The second-order valence-electron chi connectivity index (χ2n) is 5.76. The number of hydrogen-bond acceptors (Lipinski definition) is 3. The molecule has 0 spiro atoms. The van der Waals surface area contributed by atoms with Gasteiger partial charge in [0, 0.05) is 22.1 Å². The monoisotopic (exact) mass is 322 g/mol. The van der Waals surface area contributed by atoms with Crippen LogP contribution in [0.3, 0.4) is 0 Å². The molecule has 1 amide bonds. The molecule has 0 atom stereocenters. The Bertz CT molecular complexity index is 835. The van der Waals surface area contributed by atoms with Gasteiger partial charge in [-0.1, -0.05) is 50.2 Å². The predicted molar refractivity (Wildman–Crippen MR) is 95.6 cm³/mol. The van der Waals surface area contributed by atoms with Crippen LogP contribution in [-0.4, -0.2) is 10.9 Å². The number of nitrogens with zero attached hydrogens (tertiary/aromatic N) is 1. The van der Waals surface area contributed by atoms with Crippen molar-refractivity contribution in [3.8, 4) is 21.8 Å². The van der Waals surface area contributed by atoms with E-state index in [0.29, 0.717) is 11.5 Å². The van der Waals surface area contributed by atoms with Crippen molar-refractivity contribution in [2.45, 2.75) is 19.8 Å². The fourth-order valence-electron chi connectivity index (χ4n) is 2.38. The fraction of sp³-hybridized carbons (Fsp3) is 0.158. The molecule has 2 N–H and O–H groups in total. The average Bonchev–Trinajstić information content (AvgIpc) is 3.05. The molecule has 0 saturated heterocycles. The number of carbonyl (C=O) groups is 1. The zero-order chi connectivity index (χ0) is 16.4. The molecule has 4 heteroatoms. The molecule has 1 heterocycles. The summed E-state index contributed by atoms with van der Waals surface area (Å²) >= 11 is 1.57. The van der Waals surface area contributed by atoms with Gasteiger partial charge in [-0.3, -0.25) is 4.79 Å². The Morgan fingerprint density at radius 3 is 2.48 bits per heavy atom. The molecule has 0 bridgehead atoms. The third-order valence-corrected chi connectivity index (χ3v) is 4.66. The number of aromatic nitrogens is 1. The largest absolute Gasteiger partial charge is 0.366 e. The maximum atomic E-state index is 11.3. The Morgan fingerprint density at radius 2 is 1.83 bits per heavy atom. The van der Waals surface area contributed by atoms with E-state index in [1.165, 1.54) is 5.56 Å². The quantitative estimate of drug-likeness (QED) is 0.757. The lowest BCUT2D eigenvalue weighted by atomic mass is 10.0. The molecule has 0 saturated carbocycles. The summed E-state index contributed by atoms with van der Waals surface area (Å²) in [6.45, 7) is 4.36. The number of primary amides is 1. The smallest absolute Gasteiger partial charge is 0.248 e. The number of rotatable bonds is 4. The van der Waals surface area contributed by atoms with Crippen molar-refractivity contribution in [1.29, 1.82) is 0 Å². The van der Waals surface area contributed by atoms with Gasteiger partial charge < -0.3 is 5.73 Å². The number of amides is 1. The molecule has 3 aromatic rings. The highest BCUT2D eigenvalue weighted by Gasteiger charge is 2.09. The lowest BCUT2D eigenvalue weighted by molar-refractivity contribution is 0.100. The van der Waals surface area contributed by atoms with E-state index in [-0.39, 0.29) is 0 Å². The first-order valence-electron chi connectivity index (χ1n) is 7.50. The third kappa shape index (κ3) is 3.32. The van der Waals surface area contributed by atoms with Gasteiger partial charge in [-0.05, 0) is 23.6 Å². The van der Waals surface area contributed by atoms with E-state index in [2.05, 4.69) is 38.1 Å². The lowest BCUT2D eigenvalue weighted by Crippen LogP contribution is -2.10. The van der Waals surface area contributed by atoms with E-state index in [4.69, 9.17) is 10.7 Å². The van der Waals surface area contributed by atoms with E-state index < -0.39 is 5.91 Å². The number of benzene rings is 2. The molecule has 0 aliphatic heterocycles. The van der Waals surface area contributed by atoms with Crippen LogP contribution in [0.1, 0.15) is 35.7 Å². The van der Waals surface area contributed by atoms with Crippen molar-refractivity contribution in [2.75, 3.05) is 0 Å². The van der Waals surface area contributed by atoms with E-state index >= 15 is 0 Å². The minimum atomic E-state index is -0.423. The minimum Gasteiger partial charge on any atom is -0.366 e. The summed E-state index contributed by atoms with van der Waals surface area (Å²) in [5.41, 5.74) is 10.1. The van der Waals surface area contributed by atoms with Crippen LogP contribution in [0, 0.1) is 0 Å². The van der Waals surface area contributed by atoms with Crippen LogP contribution in [-0.2, 0) is 0 Å². The highest BCUT2D eigenvalue weighted by atomic mass is 32.1. The van der Waals surface area contributed by atoms with Gasteiger partial charge in [-0.15, -0.1) is 11.3 Å². The van der Waals surface area contributed by atoms with E-state index in [9.17, 15) is 4.79 Å². The van der Waals surface area contributed by atoms with Gasteiger partial charge in [0.2, 0.25) is 5.91 Å². The summed E-state index contributed by atoms with van der Waals surface area (Å²) < 4.78 is 0. The Morgan fingerprint density at radius 1 is 1.09 bits per heavy atom. The van der Waals surface area contributed by atoms with Gasteiger partial charge in [0.25, 0.3) is 0 Å². The van der Waals surface area contributed by atoms with Gasteiger partial charge >= 0.3 is 0 Å². The van der Waals surface area contributed by atoms with Crippen LogP contribution in [0.15, 0.2) is 53.9 Å². The molecule has 0 fully saturated rings. The summed E-state index contributed by atoms with van der Waals surface area (Å²) in [6.07, 6.45) is 0. The predicted octanol–water partition coefficient (Wildman–Crippen LogP) is 4.70. The Hall–Kier alpha value is -2.46. The first kappa shape index (κ1) is 15.4. The molecule has 0 aliphatic rings. The molecule has 0 aliphatic carbocycles. The average molecular weight is 322 g/mol. The summed E-state index contributed by atoms with van der Waals surface area (Å²) in [5, 5.41) is 2.92. The highest BCUT2D eigenvalue weighted by Crippen LogP contribution is 2.30. The first-order valence-corrected chi connectivity index (χ1v) is 8.38. The van der Waals surface area contributed by atoms with Crippen molar-refractivity contribution in [1.82, 2.24) is 4.98 Å². The fourth-order valence-corrected chi connectivity index (χ4v) is 3.21. The molecule has 3 rings (SSSR count). The van der Waals surface area contributed by atoms with Crippen LogP contribution in [0.25, 0.3) is 21.8 Å². The second kappa shape index (κ2) is 6.34. The molecule has 23 heavy (non-hydrogen) atoms. The maximum absolute atomic E-state index is 11.3. The maximum Gasteiger partial charge on any atom is 0.248 e. The van der Waals surface area contributed by atoms with Crippen molar-refractivity contribution in [3.05, 3.63) is 65.0 Å². The van der Waals surface area contributed by atoms with Crippen LogP contribution < -0.4 is 5.73 Å². The minimum absolute atomic E-state index is 0.423. The topological polar surface area (TPSA) is 56.0 Å². The summed E-state index contributed by atoms with van der Waals surface area (Å²) in [4.78, 5) is 16.0. The Balaban J connectivity index is 1.91. The number of nitrogens with two attached hydrogens (primary N) is 1. The highest BCUT2D eigenvalue weighted by molar-refractivity contribution is 7.13. The standard InChI is InChI=1S/C19H18N2OS/c1-12(2)13-6-8-14(9-7-13)17-11-23-19(21-17)16-5-3-4-15(10-16)18(20)22/h3-12H,1-2H3,(H2,20,22). The summed E-state index contributed by atoms with van der Waals surface area (Å²) in [5.74, 6) is 0.0967. The molecule has 0 radical (unpaired) electrons. The Labute approximate surface area is 139 Å². The van der Waals surface area contributed by atoms with Crippen molar-refractivity contribution in [2.24, 2.45) is 5.73 Å². The summed E-state index contributed by atoms with van der Waals surface area (Å²) in [6, 6.07) is 15.8. The molecular formula is C19H18N2OS. The van der Waals surface area contributed by atoms with E-state index in [1.807, 2.05) is 17.5 Å². The molecule has 0 unspecified atom stereocenters. The van der Waals surface area contributed by atoms with Crippen LogP contribution in [0.2, 0.25) is 0 Å².